The van der Waals surface area contributed by atoms with Crippen molar-refractivity contribution in [2.24, 2.45) is 11.3 Å². The highest BCUT2D eigenvalue weighted by atomic mass is 32.2. The highest BCUT2D eigenvalue weighted by molar-refractivity contribution is 7.98. The van der Waals surface area contributed by atoms with Gasteiger partial charge in [-0.15, -0.1) is 28.1 Å². The van der Waals surface area contributed by atoms with Crippen LogP contribution in [0.3, 0.4) is 0 Å². The van der Waals surface area contributed by atoms with Crippen molar-refractivity contribution < 1.29 is 0 Å². The van der Waals surface area contributed by atoms with Crippen LogP contribution in [-0.4, -0.2) is 24.1 Å². The average Bonchev–Trinajstić information content (AvgIpc) is 3.40. The summed E-state index contributed by atoms with van der Waals surface area (Å²) in [7, 11) is 0. The van der Waals surface area contributed by atoms with Gasteiger partial charge in [0.1, 0.15) is 5.65 Å². The molecule has 34 heavy (non-hydrogen) atoms. The van der Waals surface area contributed by atoms with E-state index in [1.54, 1.807) is 28.4 Å². The van der Waals surface area contributed by atoms with E-state index >= 15 is 0 Å². The van der Waals surface area contributed by atoms with Gasteiger partial charge in [-0.25, -0.2) is 4.98 Å². The Morgan fingerprint density at radius 2 is 2.12 bits per heavy atom. The molecule has 0 N–H and O–H groups in total. The van der Waals surface area contributed by atoms with Gasteiger partial charge in [0.25, 0.3) is 5.56 Å². The highest BCUT2D eigenvalue weighted by Gasteiger charge is 2.30. The Morgan fingerprint density at radius 1 is 1.26 bits per heavy atom. The first kappa shape index (κ1) is 23.1. The van der Waals surface area contributed by atoms with Crippen LogP contribution in [0, 0.1) is 11.3 Å². The number of aryl methyl sites for hydroxylation is 1. The van der Waals surface area contributed by atoms with Gasteiger partial charge in [-0.1, -0.05) is 44.7 Å². The summed E-state index contributed by atoms with van der Waals surface area (Å²) in [6, 6.07) is 9.47. The molecular formula is C26H29N5OS2. The summed E-state index contributed by atoms with van der Waals surface area (Å²) >= 11 is 3.40. The number of fused-ring (bicyclic) bond motifs is 2. The third-order valence-electron chi connectivity index (χ3n) is 6.53. The lowest BCUT2D eigenvalue weighted by molar-refractivity contribution is 0.217. The second-order valence-corrected chi connectivity index (χ2v) is 12.0. The van der Waals surface area contributed by atoms with Gasteiger partial charge in [0.05, 0.1) is 10.6 Å². The quantitative estimate of drug-likeness (QED) is 0.258. The fourth-order valence-electron chi connectivity index (χ4n) is 4.56. The zero-order chi connectivity index (χ0) is 23.9. The first-order valence-corrected chi connectivity index (χ1v) is 13.4. The smallest absolute Gasteiger partial charge is 0.258 e. The zero-order valence-corrected chi connectivity index (χ0v) is 21.5. The molecule has 4 aromatic rings. The highest BCUT2D eigenvalue weighted by Crippen LogP contribution is 2.42. The monoisotopic (exact) mass is 491 g/mol. The maximum atomic E-state index is 12.4. The standard InChI is InChI=1S/C26H29N5OS2/c1-5-11-31-24(21-14-17-13-18(26(2,3)4)9-10-20(17)34-21)28-29-25(31)33-16-19-15-23(32)30-12-7-6-8-22(30)27-19/h5-8,12,14-15,18H,1,9-11,13,16H2,2-4H3. The van der Waals surface area contributed by atoms with Gasteiger partial charge in [-0.05, 0) is 54.4 Å². The summed E-state index contributed by atoms with van der Waals surface area (Å²) in [5.41, 5.74) is 3.10. The molecule has 1 aliphatic carbocycles. The molecule has 1 aliphatic rings. The molecular weight excluding hydrogens is 462 g/mol. The van der Waals surface area contributed by atoms with Crippen LogP contribution < -0.4 is 5.56 Å². The number of pyridine rings is 1. The zero-order valence-electron chi connectivity index (χ0n) is 19.8. The molecule has 0 fully saturated rings. The maximum Gasteiger partial charge on any atom is 0.258 e. The van der Waals surface area contributed by atoms with Crippen molar-refractivity contribution >= 4 is 28.7 Å². The Hall–Kier alpha value is -2.71. The van der Waals surface area contributed by atoms with Gasteiger partial charge in [0.15, 0.2) is 11.0 Å². The Labute approximate surface area is 207 Å². The largest absolute Gasteiger partial charge is 0.297 e. The van der Waals surface area contributed by atoms with Gasteiger partial charge >= 0.3 is 0 Å². The van der Waals surface area contributed by atoms with Crippen LogP contribution in [0.5, 0.6) is 0 Å². The van der Waals surface area contributed by atoms with Crippen LogP contribution in [0.25, 0.3) is 16.3 Å². The van der Waals surface area contributed by atoms with Crippen molar-refractivity contribution in [1.29, 1.82) is 0 Å². The normalized spacial score (nSPS) is 16.0. The predicted molar refractivity (Wildman–Crippen MR) is 140 cm³/mol. The molecule has 0 aromatic carbocycles. The summed E-state index contributed by atoms with van der Waals surface area (Å²) in [4.78, 5) is 19.7. The van der Waals surface area contributed by atoms with E-state index in [1.165, 1.54) is 21.7 Å². The molecule has 0 amide bonds. The Bertz CT molecular complexity index is 1410. The first-order chi connectivity index (χ1) is 16.3. The molecule has 176 valence electrons. The predicted octanol–water partition coefficient (Wildman–Crippen LogP) is 5.64. The van der Waals surface area contributed by atoms with Gasteiger partial charge in [0, 0.05) is 29.4 Å². The summed E-state index contributed by atoms with van der Waals surface area (Å²) in [5.74, 6) is 2.14. The Balaban J connectivity index is 1.40. The first-order valence-electron chi connectivity index (χ1n) is 11.6. The molecule has 1 unspecified atom stereocenters. The van der Waals surface area contributed by atoms with Crippen molar-refractivity contribution in [2.75, 3.05) is 0 Å². The summed E-state index contributed by atoms with van der Waals surface area (Å²) in [6.07, 6.45) is 7.13. The topological polar surface area (TPSA) is 65.1 Å². The number of aromatic nitrogens is 5. The Morgan fingerprint density at radius 3 is 2.91 bits per heavy atom. The van der Waals surface area contributed by atoms with Crippen molar-refractivity contribution in [1.82, 2.24) is 24.1 Å². The molecule has 0 radical (unpaired) electrons. The molecule has 4 aromatic heterocycles. The van der Waals surface area contributed by atoms with Crippen LogP contribution in [0.1, 0.15) is 43.3 Å². The molecule has 8 heteroatoms. The van der Waals surface area contributed by atoms with Gasteiger partial charge in [0.2, 0.25) is 0 Å². The molecule has 0 bridgehead atoms. The molecule has 4 heterocycles. The molecule has 5 rings (SSSR count). The summed E-state index contributed by atoms with van der Waals surface area (Å²) in [5, 5.41) is 9.87. The molecule has 0 saturated heterocycles. The number of thioether (sulfide) groups is 1. The second kappa shape index (κ2) is 9.15. The van der Waals surface area contributed by atoms with Crippen molar-refractivity contribution in [3.63, 3.8) is 0 Å². The lowest BCUT2D eigenvalue weighted by Crippen LogP contribution is -2.26. The van der Waals surface area contributed by atoms with E-state index in [4.69, 9.17) is 0 Å². The Kier molecular flexibility index (Phi) is 6.20. The van der Waals surface area contributed by atoms with Gasteiger partial charge in [-0.2, -0.15) is 0 Å². The van der Waals surface area contributed by atoms with E-state index in [2.05, 4.69) is 53.2 Å². The van der Waals surface area contributed by atoms with E-state index in [0.717, 1.165) is 29.5 Å². The minimum Gasteiger partial charge on any atom is -0.297 e. The van der Waals surface area contributed by atoms with Gasteiger partial charge in [-0.3, -0.25) is 13.8 Å². The summed E-state index contributed by atoms with van der Waals surface area (Å²) < 4.78 is 3.67. The number of nitrogens with zero attached hydrogens (tertiary/aromatic N) is 5. The van der Waals surface area contributed by atoms with Crippen LogP contribution in [0.4, 0.5) is 0 Å². The second-order valence-electron chi connectivity index (χ2n) is 9.87. The van der Waals surface area contributed by atoms with Gasteiger partial charge < -0.3 is 0 Å². The van der Waals surface area contributed by atoms with E-state index in [0.29, 0.717) is 29.3 Å². The minimum atomic E-state index is -0.0767. The SMILES string of the molecule is C=CCn1c(SCc2cc(=O)n3ccccc3n2)nnc1-c1cc2c(s1)CCC(C(C)(C)C)C2. The van der Waals surface area contributed by atoms with Crippen molar-refractivity contribution in [3.8, 4) is 10.7 Å². The van der Waals surface area contributed by atoms with Crippen LogP contribution in [0.2, 0.25) is 0 Å². The van der Waals surface area contributed by atoms with E-state index in [1.807, 2.05) is 35.6 Å². The number of allylic oxidation sites excluding steroid dienone is 1. The van der Waals surface area contributed by atoms with Crippen molar-refractivity contribution in [2.45, 2.75) is 57.5 Å². The summed E-state index contributed by atoms with van der Waals surface area (Å²) in [6.45, 7) is 11.6. The third kappa shape index (κ3) is 4.49. The average molecular weight is 492 g/mol. The van der Waals surface area contributed by atoms with E-state index in [-0.39, 0.29) is 5.56 Å². The van der Waals surface area contributed by atoms with E-state index in [9.17, 15) is 4.79 Å². The maximum absolute atomic E-state index is 12.4. The molecule has 0 aliphatic heterocycles. The fourth-order valence-corrected chi connectivity index (χ4v) is 6.60. The third-order valence-corrected chi connectivity index (χ3v) is 8.76. The van der Waals surface area contributed by atoms with Crippen LogP contribution in [0.15, 0.2) is 59.1 Å². The van der Waals surface area contributed by atoms with E-state index < -0.39 is 0 Å². The number of thiophene rings is 1. The molecule has 0 saturated carbocycles. The van der Waals surface area contributed by atoms with Crippen molar-refractivity contribution in [3.05, 3.63) is 75.7 Å². The lowest BCUT2D eigenvalue weighted by atomic mass is 9.72. The number of rotatable bonds is 6. The fraction of sp³-hybridized carbons (Fsp3) is 0.385. The van der Waals surface area contributed by atoms with Crippen LogP contribution in [-0.2, 0) is 25.1 Å². The number of hydrogen-bond acceptors (Lipinski definition) is 6. The minimum absolute atomic E-state index is 0.0767. The lowest BCUT2D eigenvalue weighted by Gasteiger charge is -2.33. The molecule has 1 atom stereocenters. The molecule has 0 spiro atoms. The number of hydrogen-bond donors (Lipinski definition) is 0. The molecule has 6 nitrogen and oxygen atoms in total. The van der Waals surface area contributed by atoms with Crippen LogP contribution >= 0.6 is 23.1 Å².